The van der Waals surface area contributed by atoms with E-state index in [0.717, 1.165) is 35.1 Å². The highest BCUT2D eigenvalue weighted by molar-refractivity contribution is 8.18. The molecule has 0 bridgehead atoms. The number of fused-ring (bicyclic) bond motifs is 1. The van der Waals surface area contributed by atoms with Crippen LogP contribution in [-0.4, -0.2) is 17.8 Å². The fraction of sp³-hybridized carbons (Fsp3) is 0.167. The molecule has 1 aromatic rings. The molecule has 86 valence electrons. The van der Waals surface area contributed by atoms with Gasteiger partial charge in [0.15, 0.2) is 0 Å². The summed E-state index contributed by atoms with van der Waals surface area (Å²) in [4.78, 5) is 22.8. The standard InChI is InChI=1S/C12H9NO3S/c14-11-10(17-12(15)13-11)6-7-1-2-9-8(5-7)3-4-16-9/h1-2,5-6H,3-4H2,(H,13,14,15). The molecule has 2 heterocycles. The largest absolute Gasteiger partial charge is 0.493 e. The first-order chi connectivity index (χ1) is 8.22. The van der Waals surface area contributed by atoms with Crippen molar-refractivity contribution in [3.63, 3.8) is 0 Å². The van der Waals surface area contributed by atoms with Crippen molar-refractivity contribution in [1.82, 2.24) is 5.32 Å². The molecule has 2 aliphatic heterocycles. The van der Waals surface area contributed by atoms with Gasteiger partial charge in [-0.25, -0.2) is 0 Å². The van der Waals surface area contributed by atoms with Crippen molar-refractivity contribution in [2.75, 3.05) is 6.61 Å². The molecule has 0 unspecified atom stereocenters. The molecule has 17 heavy (non-hydrogen) atoms. The summed E-state index contributed by atoms with van der Waals surface area (Å²) in [5, 5.41) is 1.92. The lowest BCUT2D eigenvalue weighted by molar-refractivity contribution is -0.115. The van der Waals surface area contributed by atoms with Crippen LogP contribution in [0.2, 0.25) is 0 Å². The smallest absolute Gasteiger partial charge is 0.290 e. The Hall–Kier alpha value is -1.75. The van der Waals surface area contributed by atoms with Gasteiger partial charge in [-0.2, -0.15) is 0 Å². The van der Waals surface area contributed by atoms with E-state index in [-0.39, 0.29) is 11.1 Å². The van der Waals surface area contributed by atoms with Gasteiger partial charge in [0.2, 0.25) is 0 Å². The predicted molar refractivity (Wildman–Crippen MR) is 64.7 cm³/mol. The monoisotopic (exact) mass is 247 g/mol. The number of carbonyl (C=O) groups excluding carboxylic acids is 2. The van der Waals surface area contributed by atoms with E-state index >= 15 is 0 Å². The van der Waals surface area contributed by atoms with E-state index in [4.69, 9.17) is 4.74 Å². The first kappa shape index (κ1) is 10.4. The van der Waals surface area contributed by atoms with E-state index < -0.39 is 0 Å². The Morgan fingerprint density at radius 1 is 1.35 bits per heavy atom. The van der Waals surface area contributed by atoms with Gasteiger partial charge in [-0.15, -0.1) is 0 Å². The van der Waals surface area contributed by atoms with E-state index in [1.54, 1.807) is 6.08 Å². The van der Waals surface area contributed by atoms with Gasteiger partial charge in [0.05, 0.1) is 11.5 Å². The average Bonchev–Trinajstić information content (AvgIpc) is 2.85. The third kappa shape index (κ3) is 1.93. The molecule has 1 fully saturated rings. The molecule has 0 spiro atoms. The number of imide groups is 1. The zero-order chi connectivity index (χ0) is 11.8. The Morgan fingerprint density at radius 3 is 3.00 bits per heavy atom. The number of hydrogen-bond acceptors (Lipinski definition) is 4. The predicted octanol–water partition coefficient (Wildman–Crippen LogP) is 1.95. The number of ether oxygens (including phenoxy) is 1. The first-order valence-corrected chi connectivity index (χ1v) is 6.04. The minimum atomic E-state index is -0.322. The molecule has 1 N–H and O–H groups in total. The van der Waals surface area contributed by atoms with Crippen molar-refractivity contribution >= 4 is 29.0 Å². The van der Waals surface area contributed by atoms with Gasteiger partial charge in [-0.3, -0.25) is 14.9 Å². The van der Waals surface area contributed by atoms with Crippen LogP contribution in [0.15, 0.2) is 23.1 Å². The van der Waals surface area contributed by atoms with E-state index in [9.17, 15) is 9.59 Å². The summed E-state index contributed by atoms with van der Waals surface area (Å²) in [7, 11) is 0. The van der Waals surface area contributed by atoms with E-state index in [1.807, 2.05) is 18.2 Å². The van der Waals surface area contributed by atoms with Crippen LogP contribution in [0, 0.1) is 0 Å². The quantitative estimate of drug-likeness (QED) is 0.771. The van der Waals surface area contributed by atoms with Crippen LogP contribution in [0.25, 0.3) is 6.08 Å². The molecular weight excluding hydrogens is 238 g/mol. The normalized spacial score (nSPS) is 20.4. The van der Waals surface area contributed by atoms with Crippen LogP contribution < -0.4 is 10.1 Å². The SMILES string of the molecule is O=C1NC(=O)C(=Cc2ccc3c(c2)CCO3)S1. The third-order valence-corrected chi connectivity index (χ3v) is 3.46. The second-order valence-corrected chi connectivity index (χ2v) is 4.83. The molecule has 2 aliphatic rings. The maximum absolute atomic E-state index is 11.4. The minimum Gasteiger partial charge on any atom is -0.493 e. The summed E-state index contributed by atoms with van der Waals surface area (Å²) in [6.45, 7) is 0.711. The topological polar surface area (TPSA) is 55.4 Å². The van der Waals surface area contributed by atoms with Gasteiger partial charge < -0.3 is 4.74 Å². The summed E-state index contributed by atoms with van der Waals surface area (Å²) in [5.74, 6) is 0.587. The number of carbonyl (C=O) groups is 2. The van der Waals surface area contributed by atoms with Gasteiger partial charge in [0.1, 0.15) is 5.75 Å². The van der Waals surface area contributed by atoms with Crippen LogP contribution in [0.5, 0.6) is 5.75 Å². The molecule has 1 saturated heterocycles. The third-order valence-electron chi connectivity index (χ3n) is 2.65. The molecule has 5 heteroatoms. The molecule has 0 aliphatic carbocycles. The lowest BCUT2D eigenvalue weighted by Gasteiger charge is -2.00. The minimum absolute atomic E-state index is 0.314. The van der Waals surface area contributed by atoms with Crippen molar-refractivity contribution in [2.24, 2.45) is 0 Å². The Morgan fingerprint density at radius 2 is 2.24 bits per heavy atom. The van der Waals surface area contributed by atoms with Crippen molar-refractivity contribution in [3.05, 3.63) is 34.2 Å². The number of nitrogens with one attached hydrogen (secondary N) is 1. The summed E-state index contributed by atoms with van der Waals surface area (Å²) in [5.41, 5.74) is 2.07. The molecule has 0 atom stereocenters. The Labute approximate surface area is 102 Å². The van der Waals surface area contributed by atoms with Gasteiger partial charge in [0, 0.05) is 6.42 Å². The van der Waals surface area contributed by atoms with Gasteiger partial charge in [-0.05, 0) is 41.1 Å². The number of rotatable bonds is 1. The highest BCUT2D eigenvalue weighted by atomic mass is 32.2. The number of hydrogen-bond donors (Lipinski definition) is 1. The zero-order valence-electron chi connectivity index (χ0n) is 8.86. The maximum Gasteiger partial charge on any atom is 0.290 e. The van der Waals surface area contributed by atoms with Crippen LogP contribution >= 0.6 is 11.8 Å². The van der Waals surface area contributed by atoms with Crippen LogP contribution in [-0.2, 0) is 11.2 Å². The Bertz CT molecular complexity index is 551. The summed E-state index contributed by atoms with van der Waals surface area (Å²) >= 11 is 0.932. The summed E-state index contributed by atoms with van der Waals surface area (Å²) in [6, 6.07) is 5.77. The molecular formula is C12H9NO3S. The van der Waals surface area contributed by atoms with Crippen molar-refractivity contribution in [2.45, 2.75) is 6.42 Å². The summed E-state index contributed by atoms with van der Waals surface area (Å²) in [6.07, 6.45) is 2.62. The van der Waals surface area contributed by atoms with E-state index in [0.29, 0.717) is 11.5 Å². The highest BCUT2D eigenvalue weighted by Crippen LogP contribution is 2.29. The van der Waals surface area contributed by atoms with Gasteiger partial charge >= 0.3 is 0 Å². The Balaban J connectivity index is 1.93. The Kier molecular flexibility index (Phi) is 2.40. The summed E-state index contributed by atoms with van der Waals surface area (Å²) < 4.78 is 5.40. The van der Waals surface area contributed by atoms with Crippen molar-refractivity contribution in [1.29, 1.82) is 0 Å². The molecule has 2 amide bonds. The fourth-order valence-electron chi connectivity index (χ4n) is 1.87. The van der Waals surface area contributed by atoms with Crippen molar-refractivity contribution < 1.29 is 14.3 Å². The molecule has 4 nitrogen and oxygen atoms in total. The molecule has 0 saturated carbocycles. The number of amides is 2. The second kappa shape index (κ2) is 3.92. The number of thioether (sulfide) groups is 1. The van der Waals surface area contributed by atoms with Gasteiger partial charge in [0.25, 0.3) is 11.1 Å². The second-order valence-electron chi connectivity index (χ2n) is 3.82. The van der Waals surface area contributed by atoms with Gasteiger partial charge in [-0.1, -0.05) is 6.07 Å². The lowest BCUT2D eigenvalue weighted by atomic mass is 10.1. The van der Waals surface area contributed by atoms with Crippen LogP contribution in [0.4, 0.5) is 4.79 Å². The van der Waals surface area contributed by atoms with Crippen LogP contribution in [0.3, 0.4) is 0 Å². The lowest BCUT2D eigenvalue weighted by Crippen LogP contribution is -2.17. The first-order valence-electron chi connectivity index (χ1n) is 5.23. The fourth-order valence-corrected chi connectivity index (χ4v) is 2.55. The molecule has 1 aromatic carbocycles. The van der Waals surface area contributed by atoms with Crippen LogP contribution in [0.1, 0.15) is 11.1 Å². The van der Waals surface area contributed by atoms with Crippen molar-refractivity contribution in [3.8, 4) is 5.75 Å². The maximum atomic E-state index is 11.4. The highest BCUT2D eigenvalue weighted by Gasteiger charge is 2.25. The van der Waals surface area contributed by atoms with E-state index in [2.05, 4.69) is 5.32 Å². The molecule has 0 aromatic heterocycles. The molecule has 0 radical (unpaired) electrons. The average molecular weight is 247 g/mol. The van der Waals surface area contributed by atoms with E-state index in [1.165, 1.54) is 0 Å². The number of benzene rings is 1. The zero-order valence-corrected chi connectivity index (χ0v) is 9.67. The molecule has 3 rings (SSSR count).